The molecule has 146 valence electrons. The summed E-state index contributed by atoms with van der Waals surface area (Å²) in [4.78, 5) is 31.4. The maximum atomic E-state index is 12.9. The molecule has 0 N–H and O–H groups in total. The molecule has 2 aromatic rings. The average Bonchev–Trinajstić information content (AvgIpc) is 2.98. The Morgan fingerprint density at radius 3 is 2.85 bits per heavy atom. The number of amides is 1. The number of hydrogen-bond acceptors (Lipinski definition) is 5. The molecule has 9 heteroatoms. The maximum absolute atomic E-state index is 12.9. The number of nitrogens with zero attached hydrogens (tertiary/aromatic N) is 3. The Morgan fingerprint density at radius 2 is 2.19 bits per heavy atom. The molecule has 1 aromatic carbocycles. The van der Waals surface area contributed by atoms with Gasteiger partial charge in [-0.25, -0.2) is 13.4 Å². The van der Waals surface area contributed by atoms with E-state index in [1.54, 1.807) is 17.0 Å². The molecule has 0 spiro atoms. The minimum atomic E-state index is -3.10. The van der Waals surface area contributed by atoms with Crippen LogP contribution < -0.4 is 5.56 Å². The highest BCUT2D eigenvalue weighted by Gasteiger charge is 2.34. The van der Waals surface area contributed by atoms with Gasteiger partial charge in [-0.05, 0) is 31.0 Å². The number of sulfone groups is 1. The highest BCUT2D eigenvalue weighted by atomic mass is 35.5. The lowest BCUT2D eigenvalue weighted by atomic mass is 10.2. The monoisotopic (exact) mass is 411 g/mol. The molecule has 2 heterocycles. The summed E-state index contributed by atoms with van der Waals surface area (Å²) in [6, 6.07) is 4.51. The Morgan fingerprint density at radius 1 is 1.41 bits per heavy atom. The number of unbranched alkanes of at least 4 members (excludes halogenated alkanes) is 1. The molecule has 0 bridgehead atoms. The molecule has 0 saturated carbocycles. The average molecular weight is 412 g/mol. The number of hydrogen-bond donors (Lipinski definition) is 0. The fraction of sp³-hybridized carbons (Fsp3) is 0.500. The zero-order valence-electron chi connectivity index (χ0n) is 15.1. The van der Waals surface area contributed by atoms with Crippen LogP contribution in [0.25, 0.3) is 10.9 Å². The summed E-state index contributed by atoms with van der Waals surface area (Å²) in [5.74, 6) is -0.178. The molecule has 1 aliphatic rings. The van der Waals surface area contributed by atoms with Gasteiger partial charge in [0, 0.05) is 17.6 Å². The van der Waals surface area contributed by atoms with Crippen molar-refractivity contribution in [2.45, 2.75) is 38.8 Å². The predicted octanol–water partition coefficient (Wildman–Crippen LogP) is 1.87. The van der Waals surface area contributed by atoms with Gasteiger partial charge in [0.05, 0.1) is 28.7 Å². The number of halogens is 1. The molecule has 1 unspecified atom stereocenters. The van der Waals surface area contributed by atoms with Crippen molar-refractivity contribution in [2.75, 3.05) is 18.1 Å². The number of carbonyl (C=O) groups excluding carboxylic acids is 1. The van der Waals surface area contributed by atoms with Crippen LogP contribution in [0.15, 0.2) is 29.3 Å². The third-order valence-electron chi connectivity index (χ3n) is 4.81. The van der Waals surface area contributed by atoms with Gasteiger partial charge >= 0.3 is 0 Å². The second-order valence-electron chi connectivity index (χ2n) is 6.84. The topological polar surface area (TPSA) is 89.3 Å². The molecule has 1 saturated heterocycles. The highest BCUT2D eigenvalue weighted by molar-refractivity contribution is 7.91. The Balaban J connectivity index is 1.86. The van der Waals surface area contributed by atoms with Gasteiger partial charge in [0.2, 0.25) is 5.91 Å². The summed E-state index contributed by atoms with van der Waals surface area (Å²) < 4.78 is 24.9. The molecule has 0 aliphatic carbocycles. The van der Waals surface area contributed by atoms with Crippen molar-refractivity contribution < 1.29 is 13.2 Å². The summed E-state index contributed by atoms with van der Waals surface area (Å²) >= 11 is 5.96. The molecular formula is C18H22ClN3O4S. The largest absolute Gasteiger partial charge is 0.337 e. The van der Waals surface area contributed by atoms with Gasteiger partial charge in [0.1, 0.15) is 6.54 Å². The third-order valence-corrected chi connectivity index (χ3v) is 6.80. The van der Waals surface area contributed by atoms with Crippen LogP contribution in [0, 0.1) is 0 Å². The Kier molecular flexibility index (Phi) is 5.86. The van der Waals surface area contributed by atoms with Crippen molar-refractivity contribution in [3.8, 4) is 0 Å². The maximum Gasteiger partial charge on any atom is 0.261 e. The molecule has 1 amide bonds. The van der Waals surface area contributed by atoms with Crippen LogP contribution in [0.3, 0.4) is 0 Å². The number of fused-ring (bicyclic) bond motifs is 1. The van der Waals surface area contributed by atoms with E-state index >= 15 is 0 Å². The number of rotatable bonds is 6. The van der Waals surface area contributed by atoms with E-state index in [4.69, 9.17) is 11.6 Å². The van der Waals surface area contributed by atoms with E-state index in [0.29, 0.717) is 28.9 Å². The van der Waals surface area contributed by atoms with Gasteiger partial charge in [-0.1, -0.05) is 24.9 Å². The summed E-state index contributed by atoms with van der Waals surface area (Å²) in [5, 5.41) is 0.771. The van der Waals surface area contributed by atoms with Crippen molar-refractivity contribution in [3.63, 3.8) is 0 Å². The smallest absolute Gasteiger partial charge is 0.261 e. The highest BCUT2D eigenvalue weighted by Crippen LogP contribution is 2.19. The summed E-state index contributed by atoms with van der Waals surface area (Å²) in [6.07, 6.45) is 3.46. The van der Waals surface area contributed by atoms with Gasteiger partial charge in [0.25, 0.3) is 5.56 Å². The summed E-state index contributed by atoms with van der Waals surface area (Å²) in [5.41, 5.74) is 0.170. The normalized spacial score (nSPS) is 18.7. The van der Waals surface area contributed by atoms with Crippen LogP contribution in [-0.2, 0) is 21.2 Å². The fourth-order valence-corrected chi connectivity index (χ4v) is 5.24. The quantitative estimate of drug-likeness (QED) is 0.723. The molecule has 1 aromatic heterocycles. The van der Waals surface area contributed by atoms with Crippen LogP contribution in [0.1, 0.15) is 26.2 Å². The van der Waals surface area contributed by atoms with Crippen LogP contribution in [-0.4, -0.2) is 52.9 Å². The standard InChI is InChI=1S/C18H22ClN3O4S/c1-2-3-7-22(14-6-8-27(25,26)11-14)17(23)10-21-12-20-16-5-4-13(19)9-15(16)18(21)24/h4-5,9,12,14H,2-3,6-8,10-11H2,1H3. The molecule has 0 radical (unpaired) electrons. The zero-order valence-corrected chi connectivity index (χ0v) is 16.7. The first-order valence-corrected chi connectivity index (χ1v) is 11.2. The van der Waals surface area contributed by atoms with Crippen LogP contribution in [0.4, 0.5) is 0 Å². The molecule has 1 atom stereocenters. The molecule has 1 fully saturated rings. The first-order chi connectivity index (χ1) is 12.8. The number of carbonyl (C=O) groups is 1. The molecular weight excluding hydrogens is 390 g/mol. The molecule has 27 heavy (non-hydrogen) atoms. The Labute approximate surface area is 162 Å². The Hall–Kier alpha value is -1.93. The molecule has 7 nitrogen and oxygen atoms in total. The van der Waals surface area contributed by atoms with Crippen molar-refractivity contribution in [1.82, 2.24) is 14.5 Å². The van der Waals surface area contributed by atoms with Crippen LogP contribution in [0.5, 0.6) is 0 Å². The van der Waals surface area contributed by atoms with E-state index in [-0.39, 0.29) is 35.6 Å². The first-order valence-electron chi connectivity index (χ1n) is 8.95. The summed E-state index contributed by atoms with van der Waals surface area (Å²) in [7, 11) is -3.10. The predicted molar refractivity (Wildman–Crippen MR) is 105 cm³/mol. The van der Waals surface area contributed by atoms with Crippen LogP contribution in [0.2, 0.25) is 5.02 Å². The lowest BCUT2D eigenvalue weighted by Crippen LogP contribution is -2.44. The first kappa shape index (κ1) is 19.8. The van der Waals surface area contributed by atoms with Gasteiger partial charge in [0.15, 0.2) is 9.84 Å². The lowest BCUT2D eigenvalue weighted by molar-refractivity contribution is -0.133. The van der Waals surface area contributed by atoms with Crippen molar-refractivity contribution >= 4 is 38.2 Å². The van der Waals surface area contributed by atoms with Gasteiger partial charge in [-0.3, -0.25) is 14.2 Å². The van der Waals surface area contributed by atoms with Gasteiger partial charge < -0.3 is 4.90 Å². The van der Waals surface area contributed by atoms with E-state index in [1.807, 2.05) is 6.92 Å². The van der Waals surface area contributed by atoms with E-state index in [9.17, 15) is 18.0 Å². The summed E-state index contributed by atoms with van der Waals surface area (Å²) in [6.45, 7) is 2.32. The van der Waals surface area contributed by atoms with E-state index in [2.05, 4.69) is 4.98 Å². The van der Waals surface area contributed by atoms with E-state index in [1.165, 1.54) is 17.0 Å². The van der Waals surface area contributed by atoms with Crippen LogP contribution >= 0.6 is 11.6 Å². The zero-order chi connectivity index (χ0) is 19.6. The second-order valence-corrected chi connectivity index (χ2v) is 9.50. The fourth-order valence-electron chi connectivity index (χ4n) is 3.34. The Bertz CT molecular complexity index is 1020. The number of benzene rings is 1. The lowest BCUT2D eigenvalue weighted by Gasteiger charge is -2.28. The minimum absolute atomic E-state index is 0.0110. The number of aromatic nitrogens is 2. The van der Waals surface area contributed by atoms with Gasteiger partial charge in [-0.15, -0.1) is 0 Å². The third kappa shape index (κ3) is 4.50. The molecule has 1 aliphatic heterocycles. The van der Waals surface area contributed by atoms with Crippen molar-refractivity contribution in [3.05, 3.63) is 39.9 Å². The van der Waals surface area contributed by atoms with Gasteiger partial charge in [-0.2, -0.15) is 0 Å². The minimum Gasteiger partial charge on any atom is -0.337 e. The van der Waals surface area contributed by atoms with Crippen molar-refractivity contribution in [1.29, 1.82) is 0 Å². The second kappa shape index (κ2) is 7.98. The SMILES string of the molecule is CCCCN(C(=O)Cn1cnc2ccc(Cl)cc2c1=O)C1CCS(=O)(=O)C1. The molecule has 3 rings (SSSR count). The van der Waals surface area contributed by atoms with Crippen molar-refractivity contribution in [2.24, 2.45) is 0 Å². The van der Waals surface area contributed by atoms with E-state index in [0.717, 1.165) is 12.8 Å². The van der Waals surface area contributed by atoms with E-state index < -0.39 is 9.84 Å².